The molecule has 0 saturated carbocycles. The lowest BCUT2D eigenvalue weighted by Crippen LogP contribution is -2.55. The van der Waals surface area contributed by atoms with Crippen molar-refractivity contribution in [2.75, 3.05) is 32.7 Å². The van der Waals surface area contributed by atoms with E-state index in [1.165, 1.54) is 6.92 Å². The van der Waals surface area contributed by atoms with Gasteiger partial charge in [0, 0.05) is 32.7 Å². The van der Waals surface area contributed by atoms with E-state index in [1.54, 1.807) is 18.7 Å². The van der Waals surface area contributed by atoms with Crippen molar-refractivity contribution in [1.29, 1.82) is 0 Å². The number of rotatable bonds is 4. The number of hydrogen-bond acceptors (Lipinski definition) is 4. The molecule has 1 heterocycles. The molecule has 0 aromatic rings. The van der Waals surface area contributed by atoms with E-state index in [4.69, 9.17) is 5.11 Å². The molecule has 1 atom stereocenters. The minimum absolute atomic E-state index is 0.349. The largest absolute Gasteiger partial charge is 0.480 e. The number of carboxylic acid groups (broad SMARTS) is 1. The van der Waals surface area contributed by atoms with E-state index in [0.29, 0.717) is 32.7 Å². The molecular formula is C12H23N3O4. The highest BCUT2D eigenvalue weighted by Crippen LogP contribution is 2.08. The predicted molar refractivity (Wildman–Crippen MR) is 69.9 cm³/mol. The molecule has 1 fully saturated rings. The number of β-amino-alcohol motifs (C(OH)–C–C–N with tert-alkyl or cyclic N) is 1. The number of urea groups is 1. The van der Waals surface area contributed by atoms with Crippen LogP contribution in [0.4, 0.5) is 4.79 Å². The van der Waals surface area contributed by atoms with Gasteiger partial charge in [0.25, 0.3) is 0 Å². The monoisotopic (exact) mass is 273 g/mol. The van der Waals surface area contributed by atoms with Crippen molar-refractivity contribution in [2.45, 2.75) is 32.4 Å². The van der Waals surface area contributed by atoms with Crippen LogP contribution in [0.5, 0.6) is 0 Å². The Balaban J connectivity index is 2.37. The van der Waals surface area contributed by atoms with Gasteiger partial charge < -0.3 is 20.4 Å². The number of carbonyl (C=O) groups is 2. The molecule has 1 aliphatic heterocycles. The Labute approximate surface area is 113 Å². The molecule has 2 amide bonds. The summed E-state index contributed by atoms with van der Waals surface area (Å²) in [5.41, 5.74) is -0.748. The van der Waals surface area contributed by atoms with E-state index in [1.807, 2.05) is 0 Å². The molecule has 0 aliphatic carbocycles. The van der Waals surface area contributed by atoms with Gasteiger partial charge in [-0.2, -0.15) is 0 Å². The van der Waals surface area contributed by atoms with Crippen LogP contribution >= 0.6 is 0 Å². The van der Waals surface area contributed by atoms with Gasteiger partial charge in [0.05, 0.1) is 5.60 Å². The minimum Gasteiger partial charge on any atom is -0.480 e. The summed E-state index contributed by atoms with van der Waals surface area (Å²) in [7, 11) is 0. The summed E-state index contributed by atoms with van der Waals surface area (Å²) < 4.78 is 0. The van der Waals surface area contributed by atoms with Crippen LogP contribution in [0.2, 0.25) is 0 Å². The second-order valence-electron chi connectivity index (χ2n) is 5.59. The summed E-state index contributed by atoms with van der Waals surface area (Å²) in [6, 6.07) is -1.24. The summed E-state index contributed by atoms with van der Waals surface area (Å²) in [5, 5.41) is 20.9. The van der Waals surface area contributed by atoms with E-state index in [-0.39, 0.29) is 6.03 Å². The van der Waals surface area contributed by atoms with Crippen molar-refractivity contribution in [3.63, 3.8) is 0 Å². The molecule has 0 bridgehead atoms. The number of nitrogens with one attached hydrogen (secondary N) is 1. The minimum atomic E-state index is -1.05. The van der Waals surface area contributed by atoms with E-state index in [2.05, 4.69) is 10.2 Å². The first kappa shape index (κ1) is 15.7. The van der Waals surface area contributed by atoms with E-state index >= 15 is 0 Å². The van der Waals surface area contributed by atoms with Gasteiger partial charge in [-0.05, 0) is 20.8 Å². The molecule has 1 rings (SSSR count). The second kappa shape index (κ2) is 6.21. The van der Waals surface area contributed by atoms with Gasteiger partial charge in [-0.3, -0.25) is 9.69 Å². The van der Waals surface area contributed by atoms with Gasteiger partial charge in [0.15, 0.2) is 0 Å². The maximum absolute atomic E-state index is 11.8. The molecule has 1 aliphatic rings. The van der Waals surface area contributed by atoms with E-state index in [9.17, 15) is 14.7 Å². The summed E-state index contributed by atoms with van der Waals surface area (Å²) in [6.45, 7) is 7.93. The Morgan fingerprint density at radius 3 is 2.21 bits per heavy atom. The number of aliphatic carboxylic acids is 1. The third kappa shape index (κ3) is 5.44. The van der Waals surface area contributed by atoms with Gasteiger partial charge >= 0.3 is 12.0 Å². The third-order valence-electron chi connectivity index (χ3n) is 2.98. The number of piperazine rings is 1. The Kier molecular flexibility index (Phi) is 5.13. The van der Waals surface area contributed by atoms with Crippen molar-refractivity contribution >= 4 is 12.0 Å². The molecule has 0 aromatic heterocycles. The Hall–Kier alpha value is -1.34. The first-order valence-electron chi connectivity index (χ1n) is 6.42. The normalized spacial score (nSPS) is 19.1. The van der Waals surface area contributed by atoms with Crippen LogP contribution in [0.25, 0.3) is 0 Å². The summed E-state index contributed by atoms with van der Waals surface area (Å²) >= 11 is 0. The molecule has 0 radical (unpaired) electrons. The van der Waals surface area contributed by atoms with Gasteiger partial charge in [0.1, 0.15) is 6.04 Å². The maximum atomic E-state index is 11.8. The van der Waals surface area contributed by atoms with Gasteiger partial charge in [0.2, 0.25) is 0 Å². The zero-order valence-corrected chi connectivity index (χ0v) is 11.7. The van der Waals surface area contributed by atoms with Crippen LogP contribution in [0.1, 0.15) is 20.8 Å². The quantitative estimate of drug-likeness (QED) is 0.645. The summed E-state index contributed by atoms with van der Waals surface area (Å²) in [6.07, 6.45) is 0. The standard InChI is InChI=1S/C12H23N3O4/c1-9(10(16)17)13-11(18)15-6-4-14(5-7-15)8-12(2,3)19/h9,19H,4-8H2,1-3H3,(H,13,18)(H,16,17). The van der Waals surface area contributed by atoms with Crippen LogP contribution in [0.15, 0.2) is 0 Å². The van der Waals surface area contributed by atoms with E-state index < -0.39 is 17.6 Å². The lowest BCUT2D eigenvalue weighted by atomic mass is 10.1. The molecule has 1 saturated heterocycles. The number of aliphatic hydroxyl groups is 1. The average Bonchev–Trinajstić information content (AvgIpc) is 2.27. The number of carbonyl (C=O) groups excluding carboxylic acids is 1. The maximum Gasteiger partial charge on any atom is 0.325 e. The fourth-order valence-electron chi connectivity index (χ4n) is 1.99. The van der Waals surface area contributed by atoms with Crippen LogP contribution in [-0.2, 0) is 4.79 Å². The highest BCUT2D eigenvalue weighted by molar-refractivity contribution is 5.82. The highest BCUT2D eigenvalue weighted by atomic mass is 16.4. The molecule has 7 nitrogen and oxygen atoms in total. The van der Waals surface area contributed by atoms with Crippen molar-refractivity contribution in [2.24, 2.45) is 0 Å². The van der Waals surface area contributed by atoms with Crippen molar-refractivity contribution in [1.82, 2.24) is 15.1 Å². The van der Waals surface area contributed by atoms with Crippen molar-refractivity contribution in [3.8, 4) is 0 Å². The lowest BCUT2D eigenvalue weighted by molar-refractivity contribution is -0.138. The van der Waals surface area contributed by atoms with Gasteiger partial charge in [-0.15, -0.1) is 0 Å². The van der Waals surface area contributed by atoms with Crippen LogP contribution in [-0.4, -0.2) is 76.4 Å². The molecule has 19 heavy (non-hydrogen) atoms. The molecule has 3 N–H and O–H groups in total. The molecule has 0 spiro atoms. The molecule has 1 unspecified atom stereocenters. The molecule has 110 valence electrons. The van der Waals surface area contributed by atoms with Crippen LogP contribution < -0.4 is 5.32 Å². The molecule has 0 aromatic carbocycles. The van der Waals surface area contributed by atoms with Crippen molar-refractivity contribution in [3.05, 3.63) is 0 Å². The second-order valence-corrected chi connectivity index (χ2v) is 5.59. The first-order valence-corrected chi connectivity index (χ1v) is 6.42. The Bertz CT molecular complexity index is 332. The molecule has 7 heteroatoms. The fraction of sp³-hybridized carbons (Fsp3) is 0.833. The third-order valence-corrected chi connectivity index (χ3v) is 2.98. The lowest BCUT2D eigenvalue weighted by Gasteiger charge is -2.37. The molecular weight excluding hydrogens is 250 g/mol. The fourth-order valence-corrected chi connectivity index (χ4v) is 1.99. The summed E-state index contributed by atoms with van der Waals surface area (Å²) in [5.74, 6) is -1.05. The number of nitrogens with zero attached hydrogens (tertiary/aromatic N) is 2. The smallest absolute Gasteiger partial charge is 0.325 e. The topological polar surface area (TPSA) is 93.1 Å². The average molecular weight is 273 g/mol. The highest BCUT2D eigenvalue weighted by Gasteiger charge is 2.26. The zero-order valence-electron chi connectivity index (χ0n) is 11.7. The number of amides is 2. The van der Waals surface area contributed by atoms with E-state index in [0.717, 1.165) is 0 Å². The number of hydrogen-bond donors (Lipinski definition) is 3. The first-order chi connectivity index (χ1) is 8.69. The zero-order chi connectivity index (χ0) is 14.6. The van der Waals surface area contributed by atoms with Crippen LogP contribution in [0, 0.1) is 0 Å². The number of carboxylic acids is 1. The SMILES string of the molecule is CC(NC(=O)N1CCN(CC(C)(C)O)CC1)C(=O)O. The summed E-state index contributed by atoms with van der Waals surface area (Å²) in [4.78, 5) is 26.1. The van der Waals surface area contributed by atoms with Crippen LogP contribution in [0.3, 0.4) is 0 Å². The Morgan fingerprint density at radius 1 is 1.26 bits per heavy atom. The van der Waals surface area contributed by atoms with Crippen molar-refractivity contribution < 1.29 is 19.8 Å². The Morgan fingerprint density at radius 2 is 1.79 bits per heavy atom. The van der Waals surface area contributed by atoms with Gasteiger partial charge in [-0.1, -0.05) is 0 Å². The van der Waals surface area contributed by atoms with Gasteiger partial charge in [-0.25, -0.2) is 4.79 Å². The predicted octanol–water partition coefficient (Wildman–Crippen LogP) is -0.442.